The van der Waals surface area contributed by atoms with Gasteiger partial charge in [-0.05, 0) is 48.9 Å². The Morgan fingerprint density at radius 1 is 0.963 bits per heavy atom. The van der Waals surface area contributed by atoms with Crippen molar-refractivity contribution in [2.75, 3.05) is 4.72 Å². The van der Waals surface area contributed by atoms with Gasteiger partial charge in [-0.3, -0.25) is 9.52 Å². The number of carbonyl (C=O) groups is 1. The number of hydrogen-bond donors (Lipinski definition) is 2. The monoisotopic (exact) mass is 383 g/mol. The summed E-state index contributed by atoms with van der Waals surface area (Å²) in [5.74, 6) is -0.288. The summed E-state index contributed by atoms with van der Waals surface area (Å²) in [5.41, 5.74) is 4.12. The molecule has 3 aromatic rings. The second-order valence-corrected chi connectivity index (χ2v) is 7.29. The van der Waals surface area contributed by atoms with Gasteiger partial charge >= 0.3 is 5.91 Å². The van der Waals surface area contributed by atoms with Gasteiger partial charge in [0.1, 0.15) is 0 Å². The average molecular weight is 383 g/mol. The predicted octanol–water partition coefficient (Wildman–Crippen LogP) is 3.23. The highest BCUT2D eigenvalue weighted by Gasteiger charge is 2.13. The molecule has 0 saturated carbocycles. The van der Waals surface area contributed by atoms with Gasteiger partial charge in [0.25, 0.3) is 10.0 Å². The molecule has 3 rings (SSSR count). The number of hydrogen-bond acceptors (Lipinski definition) is 5. The molecule has 8 heteroatoms. The van der Waals surface area contributed by atoms with Crippen LogP contribution in [0.3, 0.4) is 0 Å². The lowest BCUT2D eigenvalue weighted by molar-refractivity contribution is 0.0927. The van der Waals surface area contributed by atoms with Crippen LogP contribution in [0, 0.1) is 0 Å². The van der Waals surface area contributed by atoms with Crippen molar-refractivity contribution in [3.8, 4) is 0 Å². The molecule has 2 N–H and O–H groups in total. The van der Waals surface area contributed by atoms with Gasteiger partial charge in [0.15, 0.2) is 5.76 Å². The Hall–Kier alpha value is -3.39. The first-order valence-corrected chi connectivity index (χ1v) is 9.50. The summed E-state index contributed by atoms with van der Waals surface area (Å²) in [5, 5.41) is 4.02. The van der Waals surface area contributed by atoms with Crippen molar-refractivity contribution in [3.63, 3.8) is 0 Å². The molecule has 0 bridgehead atoms. The summed E-state index contributed by atoms with van der Waals surface area (Å²) in [6.45, 7) is 1.73. The van der Waals surface area contributed by atoms with Crippen LogP contribution in [0.25, 0.3) is 0 Å². The topological polar surface area (TPSA) is 101 Å². The van der Waals surface area contributed by atoms with Crippen molar-refractivity contribution >= 4 is 27.3 Å². The largest absolute Gasteiger partial charge is 0.459 e. The minimum atomic E-state index is -3.64. The van der Waals surface area contributed by atoms with Gasteiger partial charge in [0.05, 0.1) is 16.9 Å². The summed E-state index contributed by atoms with van der Waals surface area (Å²) in [6, 6.07) is 17.9. The van der Waals surface area contributed by atoms with Gasteiger partial charge in [-0.2, -0.15) is 5.10 Å². The van der Waals surface area contributed by atoms with Crippen LogP contribution in [-0.2, 0) is 10.0 Å². The number of benzene rings is 2. The Kier molecular flexibility index (Phi) is 5.37. The second-order valence-electron chi connectivity index (χ2n) is 5.61. The predicted molar refractivity (Wildman–Crippen MR) is 102 cm³/mol. The molecule has 0 fully saturated rings. The molecule has 0 atom stereocenters. The van der Waals surface area contributed by atoms with Crippen LogP contribution in [0.15, 0.2) is 87.4 Å². The molecule has 1 aromatic heterocycles. The Bertz CT molecular complexity index is 1040. The summed E-state index contributed by atoms with van der Waals surface area (Å²) >= 11 is 0. The van der Waals surface area contributed by atoms with Crippen molar-refractivity contribution < 1.29 is 17.6 Å². The van der Waals surface area contributed by atoms with Crippen molar-refractivity contribution in [2.24, 2.45) is 5.10 Å². The lowest BCUT2D eigenvalue weighted by Gasteiger charge is -2.09. The normalized spacial score (nSPS) is 11.8. The zero-order valence-corrected chi connectivity index (χ0v) is 15.2. The molecule has 2 aromatic carbocycles. The Balaban J connectivity index is 1.68. The first-order chi connectivity index (χ1) is 13.0. The maximum Gasteiger partial charge on any atom is 0.307 e. The van der Waals surface area contributed by atoms with E-state index < -0.39 is 15.9 Å². The van der Waals surface area contributed by atoms with Crippen LogP contribution in [0.4, 0.5) is 5.69 Å². The third-order valence-electron chi connectivity index (χ3n) is 3.68. The summed E-state index contributed by atoms with van der Waals surface area (Å²) in [7, 11) is -3.64. The standard InChI is InChI=1S/C19H17N3O4S/c1-14(20-21-19(23)18-8-5-13-26-18)15-9-11-16(12-10-15)22-27(24,25)17-6-3-2-4-7-17/h2-13,22H,1H3,(H,21,23). The van der Waals surface area contributed by atoms with Crippen molar-refractivity contribution in [1.29, 1.82) is 0 Å². The van der Waals surface area contributed by atoms with Gasteiger partial charge in [0.2, 0.25) is 0 Å². The number of amides is 1. The quantitative estimate of drug-likeness (QED) is 0.504. The molecule has 7 nitrogen and oxygen atoms in total. The van der Waals surface area contributed by atoms with Gasteiger partial charge < -0.3 is 4.42 Å². The van der Waals surface area contributed by atoms with E-state index in [9.17, 15) is 13.2 Å². The minimum Gasteiger partial charge on any atom is -0.459 e. The Labute approximate surface area is 156 Å². The zero-order valence-electron chi connectivity index (χ0n) is 14.4. The maximum absolute atomic E-state index is 12.3. The molecular formula is C19H17N3O4S. The third kappa shape index (κ3) is 4.62. The average Bonchev–Trinajstić information content (AvgIpc) is 3.22. The van der Waals surface area contributed by atoms with Crippen LogP contribution >= 0.6 is 0 Å². The van der Waals surface area contributed by atoms with Crippen LogP contribution in [-0.4, -0.2) is 20.0 Å². The van der Waals surface area contributed by atoms with Crippen LogP contribution in [0.5, 0.6) is 0 Å². The van der Waals surface area contributed by atoms with E-state index in [-0.39, 0.29) is 10.7 Å². The first-order valence-electron chi connectivity index (χ1n) is 8.02. The van der Waals surface area contributed by atoms with E-state index in [0.29, 0.717) is 11.4 Å². The number of rotatable bonds is 6. The van der Waals surface area contributed by atoms with E-state index in [1.165, 1.54) is 24.5 Å². The zero-order chi connectivity index (χ0) is 19.3. The second kappa shape index (κ2) is 7.88. The van der Waals surface area contributed by atoms with E-state index >= 15 is 0 Å². The minimum absolute atomic E-state index is 0.164. The molecule has 0 radical (unpaired) electrons. The van der Waals surface area contributed by atoms with Gasteiger partial charge in [-0.25, -0.2) is 13.8 Å². The third-order valence-corrected chi connectivity index (χ3v) is 5.08. The van der Waals surface area contributed by atoms with Crippen LogP contribution in [0.1, 0.15) is 23.0 Å². The fourth-order valence-corrected chi connectivity index (χ4v) is 3.33. The molecule has 0 aliphatic heterocycles. The number of furan rings is 1. The van der Waals surface area contributed by atoms with Crippen LogP contribution in [0.2, 0.25) is 0 Å². The highest BCUT2D eigenvalue weighted by molar-refractivity contribution is 7.92. The van der Waals surface area contributed by atoms with Gasteiger partial charge in [-0.15, -0.1) is 0 Å². The molecule has 1 amide bonds. The highest BCUT2D eigenvalue weighted by atomic mass is 32.2. The highest BCUT2D eigenvalue weighted by Crippen LogP contribution is 2.16. The molecule has 0 aliphatic carbocycles. The molecule has 0 unspecified atom stereocenters. The SMILES string of the molecule is CC(=NNC(=O)c1ccco1)c1ccc(NS(=O)(=O)c2ccccc2)cc1. The number of carbonyl (C=O) groups excluding carboxylic acids is 1. The number of hydrazone groups is 1. The number of anilines is 1. The number of sulfonamides is 1. The van der Waals surface area contributed by atoms with Gasteiger partial charge in [0, 0.05) is 5.69 Å². The van der Waals surface area contributed by atoms with Crippen molar-refractivity contribution in [2.45, 2.75) is 11.8 Å². The van der Waals surface area contributed by atoms with Crippen LogP contribution < -0.4 is 10.1 Å². The van der Waals surface area contributed by atoms with E-state index in [4.69, 9.17) is 4.42 Å². The smallest absolute Gasteiger partial charge is 0.307 e. The van der Waals surface area contributed by atoms with E-state index in [0.717, 1.165) is 5.56 Å². The Morgan fingerprint density at radius 2 is 1.67 bits per heavy atom. The summed E-state index contributed by atoms with van der Waals surface area (Å²) in [4.78, 5) is 12.0. The summed E-state index contributed by atoms with van der Waals surface area (Å²) in [6.07, 6.45) is 1.40. The fourth-order valence-electron chi connectivity index (χ4n) is 2.26. The molecule has 0 aliphatic rings. The van der Waals surface area contributed by atoms with Gasteiger partial charge in [-0.1, -0.05) is 30.3 Å². The number of nitrogens with zero attached hydrogens (tertiary/aromatic N) is 1. The van der Waals surface area contributed by atoms with E-state index in [1.807, 2.05) is 0 Å². The summed E-state index contributed by atoms with van der Waals surface area (Å²) < 4.78 is 32.1. The maximum atomic E-state index is 12.3. The molecule has 0 saturated heterocycles. The van der Waals surface area contributed by atoms with Crippen molar-refractivity contribution in [1.82, 2.24) is 5.43 Å². The molecule has 27 heavy (non-hydrogen) atoms. The fraction of sp³-hybridized carbons (Fsp3) is 0.0526. The lowest BCUT2D eigenvalue weighted by Crippen LogP contribution is -2.18. The molecular weight excluding hydrogens is 366 g/mol. The first kappa shape index (κ1) is 18.4. The van der Waals surface area contributed by atoms with E-state index in [2.05, 4.69) is 15.2 Å². The van der Waals surface area contributed by atoms with E-state index in [1.54, 1.807) is 55.5 Å². The van der Waals surface area contributed by atoms with Crippen molar-refractivity contribution in [3.05, 3.63) is 84.3 Å². The molecule has 1 heterocycles. The number of nitrogens with one attached hydrogen (secondary N) is 2. The molecule has 0 spiro atoms. The lowest BCUT2D eigenvalue weighted by atomic mass is 10.1. The molecule has 138 valence electrons. The Morgan fingerprint density at radius 3 is 2.30 bits per heavy atom.